The third kappa shape index (κ3) is 5.05. The smallest absolute Gasteiger partial charge is 0.289 e. The van der Waals surface area contributed by atoms with Crippen molar-refractivity contribution in [2.75, 3.05) is 26.2 Å². The minimum absolute atomic E-state index is 0.0124. The maximum atomic E-state index is 13.0. The van der Waals surface area contributed by atoms with Crippen LogP contribution in [0.5, 0.6) is 5.75 Å². The summed E-state index contributed by atoms with van der Waals surface area (Å²) in [6, 6.07) is 12.5. The van der Waals surface area contributed by atoms with Gasteiger partial charge in [-0.05, 0) is 68.7 Å². The first-order valence-electron chi connectivity index (χ1n) is 12.1. The van der Waals surface area contributed by atoms with Gasteiger partial charge in [0.05, 0.1) is 17.8 Å². The number of furan rings is 1. The van der Waals surface area contributed by atoms with E-state index in [0.29, 0.717) is 61.9 Å². The number of ether oxygens (including phenoxy) is 1. The number of rotatable bonds is 4. The second kappa shape index (κ2) is 9.47. The zero-order chi connectivity index (χ0) is 24.7. The number of aliphatic hydroxyl groups is 1. The molecule has 0 spiro atoms. The van der Waals surface area contributed by atoms with Crippen LogP contribution in [0.2, 0.25) is 5.02 Å². The molecule has 2 aliphatic rings. The molecule has 2 fully saturated rings. The van der Waals surface area contributed by atoms with E-state index in [4.69, 9.17) is 20.8 Å². The number of nitrogens with zero attached hydrogens (tertiary/aromatic N) is 2. The molecule has 0 saturated carbocycles. The van der Waals surface area contributed by atoms with Gasteiger partial charge in [0.1, 0.15) is 11.3 Å². The SMILES string of the molecule is C[C@@H]1CN(C(=O)c2cc3cc(C4(O)CCN(Cc5cc(Cl)ccc5O)CC4)ccc3o2)C[C@H](C)O1. The van der Waals surface area contributed by atoms with Gasteiger partial charge in [0.2, 0.25) is 0 Å². The van der Waals surface area contributed by atoms with Crippen molar-refractivity contribution in [2.45, 2.75) is 51.0 Å². The van der Waals surface area contributed by atoms with Crippen molar-refractivity contribution in [3.8, 4) is 5.75 Å². The zero-order valence-electron chi connectivity index (χ0n) is 20.0. The topological polar surface area (TPSA) is 86.4 Å². The molecule has 0 unspecified atom stereocenters. The summed E-state index contributed by atoms with van der Waals surface area (Å²) in [4.78, 5) is 17.0. The summed E-state index contributed by atoms with van der Waals surface area (Å²) in [6.07, 6.45) is 1.10. The molecule has 2 aliphatic heterocycles. The van der Waals surface area contributed by atoms with Crippen LogP contribution in [0.25, 0.3) is 11.0 Å². The summed E-state index contributed by atoms with van der Waals surface area (Å²) < 4.78 is 11.6. The van der Waals surface area contributed by atoms with Gasteiger partial charge in [-0.3, -0.25) is 9.69 Å². The van der Waals surface area contributed by atoms with Crippen molar-refractivity contribution in [1.29, 1.82) is 0 Å². The average molecular weight is 499 g/mol. The first-order chi connectivity index (χ1) is 16.7. The second-order valence-electron chi connectivity index (χ2n) is 9.91. The molecular weight excluding hydrogens is 468 g/mol. The third-order valence-electron chi connectivity index (χ3n) is 7.09. The number of carbonyl (C=O) groups excluding carboxylic acids is 1. The molecule has 2 aromatic carbocycles. The molecule has 0 bridgehead atoms. The van der Waals surface area contributed by atoms with E-state index in [-0.39, 0.29) is 23.9 Å². The first kappa shape index (κ1) is 24.1. The summed E-state index contributed by atoms with van der Waals surface area (Å²) in [6.45, 7) is 6.94. The van der Waals surface area contributed by atoms with Gasteiger partial charge < -0.3 is 24.3 Å². The van der Waals surface area contributed by atoms with Crippen LogP contribution in [0.15, 0.2) is 46.9 Å². The molecule has 186 valence electrons. The lowest BCUT2D eigenvalue weighted by Gasteiger charge is -2.38. The predicted molar refractivity (Wildman–Crippen MR) is 134 cm³/mol. The Kier molecular flexibility index (Phi) is 6.53. The summed E-state index contributed by atoms with van der Waals surface area (Å²) in [5, 5.41) is 23.0. The van der Waals surface area contributed by atoms with Crippen LogP contribution in [0.3, 0.4) is 0 Å². The van der Waals surface area contributed by atoms with Crippen molar-refractivity contribution in [3.05, 3.63) is 64.4 Å². The van der Waals surface area contributed by atoms with Crippen LogP contribution in [0.1, 0.15) is 48.4 Å². The van der Waals surface area contributed by atoms with Crippen molar-refractivity contribution in [1.82, 2.24) is 9.80 Å². The number of aromatic hydroxyl groups is 1. The van der Waals surface area contributed by atoms with Gasteiger partial charge >= 0.3 is 0 Å². The maximum Gasteiger partial charge on any atom is 0.289 e. The quantitative estimate of drug-likeness (QED) is 0.550. The number of carbonyl (C=O) groups is 1. The van der Waals surface area contributed by atoms with Gasteiger partial charge in [0.25, 0.3) is 5.91 Å². The Labute approximate surface area is 209 Å². The Morgan fingerprint density at radius 2 is 1.80 bits per heavy atom. The van der Waals surface area contributed by atoms with E-state index in [0.717, 1.165) is 16.5 Å². The molecule has 0 aliphatic carbocycles. The number of fused-ring (bicyclic) bond motifs is 1. The van der Waals surface area contributed by atoms with Crippen molar-refractivity contribution < 1.29 is 24.2 Å². The fraction of sp³-hybridized carbons (Fsp3) is 0.444. The van der Waals surface area contributed by atoms with E-state index < -0.39 is 5.60 Å². The number of hydrogen-bond donors (Lipinski definition) is 2. The minimum Gasteiger partial charge on any atom is -0.508 e. The van der Waals surface area contributed by atoms with Gasteiger partial charge in [0.15, 0.2) is 5.76 Å². The number of phenolic OH excluding ortho intramolecular Hbond substituents is 1. The largest absolute Gasteiger partial charge is 0.508 e. The van der Waals surface area contributed by atoms with Crippen LogP contribution in [0, 0.1) is 0 Å². The van der Waals surface area contributed by atoms with Crippen LogP contribution >= 0.6 is 11.6 Å². The first-order valence-corrected chi connectivity index (χ1v) is 12.5. The number of benzene rings is 2. The Morgan fingerprint density at radius 3 is 2.51 bits per heavy atom. The van der Waals surface area contributed by atoms with Crippen molar-refractivity contribution >= 4 is 28.5 Å². The highest BCUT2D eigenvalue weighted by Crippen LogP contribution is 2.36. The number of phenols is 1. The van der Waals surface area contributed by atoms with Gasteiger partial charge in [-0.15, -0.1) is 0 Å². The Balaban J connectivity index is 1.28. The van der Waals surface area contributed by atoms with Crippen LogP contribution < -0.4 is 0 Å². The summed E-state index contributed by atoms with van der Waals surface area (Å²) in [5.74, 6) is 0.398. The standard InChI is InChI=1S/C27H31ClN2O5/c1-17-14-30(15-18(2)34-17)26(32)25-13-19-11-21(3-6-24(19)35-25)27(33)7-9-29(10-8-27)16-20-12-22(28)4-5-23(20)31/h3-6,11-13,17-18,31,33H,7-10,14-16H2,1-2H3/t17-,18+. The average Bonchev–Trinajstić information content (AvgIpc) is 3.25. The predicted octanol–water partition coefficient (Wildman–Crippen LogP) is 4.52. The zero-order valence-corrected chi connectivity index (χ0v) is 20.8. The molecule has 0 radical (unpaired) electrons. The lowest BCUT2D eigenvalue weighted by Crippen LogP contribution is -2.48. The summed E-state index contributed by atoms with van der Waals surface area (Å²) in [7, 11) is 0. The highest BCUT2D eigenvalue weighted by molar-refractivity contribution is 6.30. The van der Waals surface area contributed by atoms with E-state index in [1.165, 1.54) is 0 Å². The fourth-order valence-corrected chi connectivity index (χ4v) is 5.42. The number of amides is 1. The molecule has 8 heteroatoms. The second-order valence-corrected chi connectivity index (χ2v) is 10.3. The van der Waals surface area contributed by atoms with Crippen molar-refractivity contribution in [3.63, 3.8) is 0 Å². The molecule has 2 N–H and O–H groups in total. The van der Waals surface area contributed by atoms with Gasteiger partial charge in [-0.25, -0.2) is 0 Å². The molecule has 2 saturated heterocycles. The van der Waals surface area contributed by atoms with Crippen LogP contribution in [-0.2, 0) is 16.9 Å². The molecule has 2 atom stereocenters. The summed E-state index contributed by atoms with van der Waals surface area (Å²) in [5.41, 5.74) is 1.27. The molecule has 1 aromatic heterocycles. The summed E-state index contributed by atoms with van der Waals surface area (Å²) >= 11 is 6.08. The van der Waals surface area contributed by atoms with Crippen LogP contribution in [-0.4, -0.2) is 64.3 Å². The van der Waals surface area contributed by atoms with Crippen molar-refractivity contribution in [2.24, 2.45) is 0 Å². The molecule has 35 heavy (non-hydrogen) atoms. The number of hydrogen-bond acceptors (Lipinski definition) is 6. The Hall–Kier alpha value is -2.58. The Bertz CT molecular complexity index is 1220. The van der Waals surface area contributed by atoms with E-state index in [1.54, 1.807) is 29.2 Å². The van der Waals surface area contributed by atoms with Crippen LogP contribution in [0.4, 0.5) is 0 Å². The van der Waals surface area contributed by atoms with Gasteiger partial charge in [-0.1, -0.05) is 17.7 Å². The molecule has 1 amide bonds. The highest BCUT2D eigenvalue weighted by atomic mass is 35.5. The number of likely N-dealkylation sites (tertiary alicyclic amines) is 1. The molecule has 7 nitrogen and oxygen atoms in total. The van der Waals surface area contributed by atoms with E-state index in [9.17, 15) is 15.0 Å². The number of morpholine rings is 1. The number of halogens is 1. The normalized spacial score (nSPS) is 23.0. The Morgan fingerprint density at radius 1 is 1.09 bits per heavy atom. The number of piperidine rings is 1. The lowest BCUT2D eigenvalue weighted by atomic mass is 9.84. The molecular formula is C27H31ClN2O5. The molecule has 5 rings (SSSR count). The third-order valence-corrected chi connectivity index (χ3v) is 7.33. The fourth-order valence-electron chi connectivity index (χ4n) is 5.23. The minimum atomic E-state index is -0.961. The van der Waals surface area contributed by atoms with E-state index in [1.807, 2.05) is 32.0 Å². The van der Waals surface area contributed by atoms with Gasteiger partial charge in [-0.2, -0.15) is 0 Å². The maximum absolute atomic E-state index is 13.0. The van der Waals surface area contributed by atoms with Gasteiger partial charge in [0, 0.05) is 48.7 Å². The van der Waals surface area contributed by atoms with E-state index in [2.05, 4.69) is 4.90 Å². The van der Waals surface area contributed by atoms with E-state index >= 15 is 0 Å². The highest BCUT2D eigenvalue weighted by Gasteiger charge is 2.35. The monoisotopic (exact) mass is 498 g/mol. The molecule has 3 heterocycles. The molecule has 3 aromatic rings. The lowest BCUT2D eigenvalue weighted by molar-refractivity contribution is -0.0591.